The van der Waals surface area contributed by atoms with E-state index in [-0.39, 0.29) is 4.90 Å². The molecule has 0 aliphatic carbocycles. The topological polar surface area (TPSA) is 103 Å². The van der Waals surface area contributed by atoms with Crippen molar-refractivity contribution in [3.05, 3.63) is 83.3 Å². The van der Waals surface area contributed by atoms with Crippen LogP contribution in [0, 0.1) is 0 Å². The zero-order chi connectivity index (χ0) is 22.0. The molecule has 0 saturated carbocycles. The highest BCUT2D eigenvalue weighted by atomic mass is 32.2. The molecule has 4 aromatic rings. The van der Waals surface area contributed by atoms with Crippen LogP contribution >= 0.6 is 0 Å². The van der Waals surface area contributed by atoms with Gasteiger partial charge in [-0.05, 0) is 41.3 Å². The minimum Gasteiger partial charge on any atom is -0.364 e. The Kier molecular flexibility index (Phi) is 5.75. The van der Waals surface area contributed by atoms with Crippen LogP contribution in [0.5, 0.6) is 0 Å². The highest BCUT2D eigenvalue weighted by Crippen LogP contribution is 2.23. The highest BCUT2D eigenvalue weighted by Gasteiger charge is 2.13. The second-order valence-corrected chi connectivity index (χ2v) is 9.05. The largest absolute Gasteiger partial charge is 0.364 e. The van der Waals surface area contributed by atoms with Gasteiger partial charge in [0.05, 0.1) is 10.4 Å². The Balaban J connectivity index is 1.63. The second kappa shape index (κ2) is 8.49. The number of nitrogens with two attached hydrogens (primary N) is 1. The maximum absolute atomic E-state index is 11.5. The first-order chi connectivity index (χ1) is 14.8. The monoisotopic (exact) mass is 435 g/mol. The van der Waals surface area contributed by atoms with E-state index in [1.165, 1.54) is 23.3 Å². The minimum atomic E-state index is -3.71. The number of primary sulfonamides is 1. The molecule has 2 heterocycles. The fourth-order valence-electron chi connectivity index (χ4n) is 3.68. The van der Waals surface area contributed by atoms with E-state index in [1.807, 2.05) is 29.9 Å². The van der Waals surface area contributed by atoms with Crippen LogP contribution in [-0.2, 0) is 36.5 Å². The standard InChI is InChI=1S/C23H25N5O2S/c1-3-17-6-4-5-7-18(17)15-25-23-22-20(12-13-28(22)2)26-21(27-23)14-16-8-10-19(11-9-16)31(24,29)30/h4-13H,3,14-15H2,1-2H3,(H2,24,29,30)(H,25,26,27). The van der Waals surface area contributed by atoms with Crippen molar-refractivity contribution in [2.75, 3.05) is 5.32 Å². The van der Waals surface area contributed by atoms with Gasteiger partial charge in [-0.25, -0.2) is 23.5 Å². The van der Waals surface area contributed by atoms with Crippen LogP contribution in [0.2, 0.25) is 0 Å². The Morgan fingerprint density at radius 1 is 1.00 bits per heavy atom. The Morgan fingerprint density at radius 3 is 2.39 bits per heavy atom. The van der Waals surface area contributed by atoms with Crippen molar-refractivity contribution in [3.8, 4) is 0 Å². The van der Waals surface area contributed by atoms with E-state index >= 15 is 0 Å². The number of benzene rings is 2. The van der Waals surface area contributed by atoms with Crippen LogP contribution in [0.3, 0.4) is 0 Å². The molecule has 2 aromatic carbocycles. The van der Waals surface area contributed by atoms with E-state index in [0.29, 0.717) is 18.8 Å². The lowest BCUT2D eigenvalue weighted by Gasteiger charge is -2.13. The molecule has 0 amide bonds. The molecule has 8 heteroatoms. The smallest absolute Gasteiger partial charge is 0.238 e. The first kappa shape index (κ1) is 21.0. The molecule has 0 aliphatic rings. The number of aromatic nitrogens is 3. The van der Waals surface area contributed by atoms with Gasteiger partial charge in [0.25, 0.3) is 0 Å². The van der Waals surface area contributed by atoms with Crippen molar-refractivity contribution in [2.45, 2.75) is 31.2 Å². The van der Waals surface area contributed by atoms with E-state index in [9.17, 15) is 8.42 Å². The fourth-order valence-corrected chi connectivity index (χ4v) is 4.19. The van der Waals surface area contributed by atoms with Crippen LogP contribution in [-0.4, -0.2) is 23.0 Å². The number of sulfonamides is 1. The van der Waals surface area contributed by atoms with Crippen molar-refractivity contribution in [1.82, 2.24) is 14.5 Å². The van der Waals surface area contributed by atoms with Gasteiger partial charge in [-0.2, -0.15) is 0 Å². The summed E-state index contributed by atoms with van der Waals surface area (Å²) in [6.07, 6.45) is 3.42. The molecule has 0 fully saturated rings. The van der Waals surface area contributed by atoms with Gasteiger partial charge in [0, 0.05) is 26.2 Å². The molecule has 31 heavy (non-hydrogen) atoms. The summed E-state index contributed by atoms with van der Waals surface area (Å²) in [5.41, 5.74) is 5.26. The Labute approximate surface area is 182 Å². The van der Waals surface area contributed by atoms with Gasteiger partial charge in [-0.1, -0.05) is 43.3 Å². The van der Waals surface area contributed by atoms with Crippen LogP contribution in [0.1, 0.15) is 29.4 Å². The molecule has 3 N–H and O–H groups in total. The van der Waals surface area contributed by atoms with Crippen LogP contribution < -0.4 is 10.5 Å². The van der Waals surface area contributed by atoms with Gasteiger partial charge in [0.1, 0.15) is 11.3 Å². The highest BCUT2D eigenvalue weighted by molar-refractivity contribution is 7.89. The van der Waals surface area contributed by atoms with Crippen LogP contribution in [0.15, 0.2) is 65.7 Å². The van der Waals surface area contributed by atoms with Gasteiger partial charge >= 0.3 is 0 Å². The lowest BCUT2D eigenvalue weighted by atomic mass is 10.1. The third kappa shape index (κ3) is 4.60. The van der Waals surface area contributed by atoms with Crippen LogP contribution in [0.4, 0.5) is 5.82 Å². The summed E-state index contributed by atoms with van der Waals surface area (Å²) < 4.78 is 25.0. The molecule has 0 saturated heterocycles. The summed E-state index contributed by atoms with van der Waals surface area (Å²) in [5.74, 6) is 1.44. The summed E-state index contributed by atoms with van der Waals surface area (Å²) in [5, 5.41) is 8.68. The van der Waals surface area contributed by atoms with Crippen molar-refractivity contribution in [1.29, 1.82) is 0 Å². The van der Waals surface area contributed by atoms with E-state index in [4.69, 9.17) is 15.1 Å². The fraction of sp³-hybridized carbons (Fsp3) is 0.217. The molecule has 0 radical (unpaired) electrons. The molecular formula is C23H25N5O2S. The average molecular weight is 436 g/mol. The predicted molar refractivity (Wildman–Crippen MR) is 122 cm³/mol. The molecule has 7 nitrogen and oxygen atoms in total. The third-order valence-electron chi connectivity index (χ3n) is 5.33. The van der Waals surface area contributed by atoms with Crippen LogP contribution in [0.25, 0.3) is 11.0 Å². The molecular weight excluding hydrogens is 410 g/mol. The average Bonchev–Trinajstić information content (AvgIpc) is 3.13. The molecule has 2 aromatic heterocycles. The number of nitrogens with zero attached hydrogens (tertiary/aromatic N) is 3. The van der Waals surface area contributed by atoms with Gasteiger partial charge in [-0.3, -0.25) is 0 Å². The number of fused-ring (bicyclic) bond motifs is 1. The maximum atomic E-state index is 11.5. The summed E-state index contributed by atoms with van der Waals surface area (Å²) in [7, 11) is -1.73. The van der Waals surface area contributed by atoms with E-state index in [2.05, 4.69) is 30.4 Å². The number of anilines is 1. The zero-order valence-electron chi connectivity index (χ0n) is 17.5. The van der Waals surface area contributed by atoms with E-state index in [1.54, 1.807) is 12.1 Å². The third-order valence-corrected chi connectivity index (χ3v) is 6.25. The maximum Gasteiger partial charge on any atom is 0.238 e. The van der Waals surface area contributed by atoms with Crippen molar-refractivity contribution >= 4 is 26.9 Å². The molecule has 0 aliphatic heterocycles. The summed E-state index contributed by atoms with van der Waals surface area (Å²) in [6.45, 7) is 2.82. The number of nitrogens with one attached hydrogen (secondary N) is 1. The van der Waals surface area contributed by atoms with Crippen molar-refractivity contribution < 1.29 is 8.42 Å². The van der Waals surface area contributed by atoms with Gasteiger partial charge in [0.15, 0.2) is 5.82 Å². The summed E-state index contributed by atoms with van der Waals surface area (Å²) in [4.78, 5) is 9.57. The lowest BCUT2D eigenvalue weighted by Crippen LogP contribution is -2.12. The Hall–Kier alpha value is -3.23. The number of aryl methyl sites for hydroxylation is 2. The van der Waals surface area contributed by atoms with Gasteiger partial charge in [0.2, 0.25) is 10.0 Å². The number of hydrogen-bond acceptors (Lipinski definition) is 5. The number of rotatable bonds is 7. The van der Waals surface area contributed by atoms with Gasteiger partial charge < -0.3 is 9.88 Å². The van der Waals surface area contributed by atoms with E-state index in [0.717, 1.165) is 28.8 Å². The zero-order valence-corrected chi connectivity index (χ0v) is 18.4. The number of hydrogen-bond donors (Lipinski definition) is 2. The summed E-state index contributed by atoms with van der Waals surface area (Å²) in [6, 6.07) is 16.8. The SMILES string of the molecule is CCc1ccccc1CNc1nc(Cc2ccc(S(N)(=O)=O)cc2)nc2ccn(C)c12. The lowest BCUT2D eigenvalue weighted by molar-refractivity contribution is 0.598. The van der Waals surface area contributed by atoms with Gasteiger partial charge in [-0.15, -0.1) is 0 Å². The minimum absolute atomic E-state index is 0.0904. The molecule has 0 unspecified atom stereocenters. The predicted octanol–water partition coefficient (Wildman–Crippen LogP) is 3.38. The van der Waals surface area contributed by atoms with Crippen molar-refractivity contribution in [3.63, 3.8) is 0 Å². The Morgan fingerprint density at radius 2 is 1.71 bits per heavy atom. The second-order valence-electron chi connectivity index (χ2n) is 7.49. The first-order valence-electron chi connectivity index (χ1n) is 10.1. The molecule has 160 valence electrons. The quantitative estimate of drug-likeness (QED) is 0.463. The first-order valence-corrected chi connectivity index (χ1v) is 11.6. The van der Waals surface area contributed by atoms with Crippen molar-refractivity contribution in [2.24, 2.45) is 12.2 Å². The van der Waals surface area contributed by atoms with E-state index < -0.39 is 10.0 Å². The molecule has 4 rings (SSSR count). The normalized spacial score (nSPS) is 11.7. The Bertz CT molecular complexity index is 1330. The molecule has 0 spiro atoms. The summed E-state index contributed by atoms with van der Waals surface area (Å²) >= 11 is 0. The molecule has 0 bridgehead atoms. The molecule has 0 atom stereocenters.